The predicted octanol–water partition coefficient (Wildman–Crippen LogP) is 2.56. The van der Waals surface area contributed by atoms with E-state index in [-0.39, 0.29) is 0 Å². The molecule has 0 bridgehead atoms. The topological polar surface area (TPSA) is 37.6 Å². The third kappa shape index (κ3) is 1.12. The van der Waals surface area contributed by atoms with Gasteiger partial charge in [-0.1, -0.05) is 18.2 Å². The first-order valence-electron chi connectivity index (χ1n) is 6.57. The van der Waals surface area contributed by atoms with E-state index in [0.717, 1.165) is 33.3 Å². The second-order valence-electron chi connectivity index (χ2n) is 4.97. The van der Waals surface area contributed by atoms with Crippen LogP contribution in [0.2, 0.25) is 0 Å². The van der Waals surface area contributed by atoms with Crippen LogP contribution in [0, 0.1) is 10.4 Å². The van der Waals surface area contributed by atoms with Gasteiger partial charge in [-0.15, -0.1) is 0 Å². The second-order valence-corrected chi connectivity index (χ2v) is 4.97. The molecule has 20 heavy (non-hydrogen) atoms. The minimum Gasteiger partial charge on any atom is -0.254 e. The molecule has 0 atom stereocenters. The lowest BCUT2D eigenvalue weighted by Gasteiger charge is -2.00. The first kappa shape index (κ1) is 10.0. The molecule has 3 nitrogen and oxygen atoms in total. The SMILES string of the molecule is c1cnc2c(c1)N=c1ccc3c(c1-2)N=c1ccccc1=3. The summed E-state index contributed by atoms with van der Waals surface area (Å²) in [6.07, 6.45) is 1.81. The zero-order valence-corrected chi connectivity index (χ0v) is 10.5. The summed E-state index contributed by atoms with van der Waals surface area (Å²) >= 11 is 0. The Balaban J connectivity index is 2.03. The van der Waals surface area contributed by atoms with E-state index in [2.05, 4.69) is 28.2 Å². The van der Waals surface area contributed by atoms with Crippen molar-refractivity contribution in [2.45, 2.75) is 0 Å². The van der Waals surface area contributed by atoms with Crippen LogP contribution >= 0.6 is 0 Å². The van der Waals surface area contributed by atoms with Crippen LogP contribution in [0.5, 0.6) is 0 Å². The fourth-order valence-electron chi connectivity index (χ4n) is 2.97. The molecule has 0 saturated heterocycles. The summed E-state index contributed by atoms with van der Waals surface area (Å²) in [4.78, 5) is 13.9. The van der Waals surface area contributed by atoms with Crippen LogP contribution in [-0.2, 0) is 0 Å². The normalized spacial score (nSPS) is 12.8. The molecule has 0 spiro atoms. The summed E-state index contributed by atoms with van der Waals surface area (Å²) in [7, 11) is 0. The van der Waals surface area contributed by atoms with Gasteiger partial charge < -0.3 is 0 Å². The van der Waals surface area contributed by atoms with Crippen LogP contribution < -0.4 is 10.7 Å². The highest BCUT2D eigenvalue weighted by atomic mass is 14.9. The quantitative estimate of drug-likeness (QED) is 0.419. The van der Waals surface area contributed by atoms with Gasteiger partial charge in [0.25, 0.3) is 0 Å². The molecule has 2 aliphatic rings. The molecule has 2 aromatic carbocycles. The van der Waals surface area contributed by atoms with E-state index >= 15 is 0 Å². The standard InChI is InChI=1S/C17H9N3/c1-2-5-12-10(4-1)11-7-8-13-15(16(11)20-12)17-14(19-13)6-3-9-18-17/h1-9H. The highest BCUT2D eigenvalue weighted by molar-refractivity contribution is 5.84. The largest absolute Gasteiger partial charge is 0.254 e. The summed E-state index contributed by atoms with van der Waals surface area (Å²) in [6, 6.07) is 16.3. The lowest BCUT2D eigenvalue weighted by atomic mass is 10.1. The minimum absolute atomic E-state index is 0.932. The third-order valence-corrected chi connectivity index (χ3v) is 3.85. The molecule has 0 N–H and O–H groups in total. The predicted molar refractivity (Wildman–Crippen MR) is 75.4 cm³/mol. The number of para-hydroxylation sites is 1. The zero-order valence-electron chi connectivity index (χ0n) is 10.5. The van der Waals surface area contributed by atoms with Gasteiger partial charge in [0.2, 0.25) is 0 Å². The molecule has 1 aromatic heterocycles. The second kappa shape index (κ2) is 3.39. The van der Waals surface area contributed by atoms with Crippen molar-refractivity contribution in [3.63, 3.8) is 0 Å². The van der Waals surface area contributed by atoms with Gasteiger partial charge >= 0.3 is 0 Å². The molecule has 3 aromatic rings. The fraction of sp³-hybridized carbons (Fsp3) is 0. The van der Waals surface area contributed by atoms with Crippen LogP contribution in [0.1, 0.15) is 0 Å². The molecular weight excluding hydrogens is 246 g/mol. The van der Waals surface area contributed by atoms with E-state index < -0.39 is 0 Å². The van der Waals surface area contributed by atoms with Crippen molar-refractivity contribution in [3.8, 4) is 11.3 Å². The number of hydrogen-bond donors (Lipinski definition) is 0. The zero-order chi connectivity index (χ0) is 13.1. The van der Waals surface area contributed by atoms with Gasteiger partial charge in [-0.05, 0) is 30.3 Å². The molecule has 5 rings (SSSR count). The lowest BCUT2D eigenvalue weighted by molar-refractivity contribution is 1.32. The molecule has 0 radical (unpaired) electrons. The molecule has 0 aliphatic carbocycles. The van der Waals surface area contributed by atoms with Gasteiger partial charge in [-0.2, -0.15) is 0 Å². The van der Waals surface area contributed by atoms with Gasteiger partial charge in [0.15, 0.2) is 0 Å². The van der Waals surface area contributed by atoms with Gasteiger partial charge in [-0.3, -0.25) is 4.98 Å². The van der Waals surface area contributed by atoms with Gasteiger partial charge in [0.1, 0.15) is 5.69 Å². The van der Waals surface area contributed by atoms with Gasteiger partial charge in [0, 0.05) is 16.6 Å². The lowest BCUT2D eigenvalue weighted by Crippen LogP contribution is -2.00. The molecule has 92 valence electrons. The number of fused-ring (bicyclic) bond motifs is 6. The first-order valence-corrected chi connectivity index (χ1v) is 6.57. The number of aromatic nitrogens is 1. The van der Waals surface area contributed by atoms with Crippen LogP contribution in [0.3, 0.4) is 0 Å². The number of rotatable bonds is 0. The Bertz CT molecular complexity index is 1100. The highest BCUT2D eigenvalue weighted by Gasteiger charge is 2.20. The molecule has 3 heteroatoms. The van der Waals surface area contributed by atoms with Crippen molar-refractivity contribution < 1.29 is 0 Å². The van der Waals surface area contributed by atoms with Gasteiger partial charge in [0.05, 0.1) is 27.7 Å². The van der Waals surface area contributed by atoms with Crippen LogP contribution in [0.4, 0.5) is 11.4 Å². The number of nitrogens with zero attached hydrogens (tertiary/aromatic N) is 3. The Morgan fingerprint density at radius 2 is 1.65 bits per heavy atom. The fourth-order valence-corrected chi connectivity index (χ4v) is 2.97. The summed E-state index contributed by atoms with van der Waals surface area (Å²) in [5, 5.41) is 4.36. The van der Waals surface area contributed by atoms with Crippen molar-refractivity contribution in [3.05, 3.63) is 75.9 Å². The van der Waals surface area contributed by atoms with E-state index in [1.54, 1.807) is 0 Å². The Morgan fingerprint density at radius 3 is 2.65 bits per heavy atom. The summed E-state index contributed by atoms with van der Waals surface area (Å²) in [5.41, 5.74) is 3.94. The Hall–Kier alpha value is -2.81. The van der Waals surface area contributed by atoms with Crippen LogP contribution in [0.25, 0.3) is 11.3 Å². The van der Waals surface area contributed by atoms with Gasteiger partial charge in [-0.25, -0.2) is 9.98 Å². The molecule has 0 saturated carbocycles. The van der Waals surface area contributed by atoms with E-state index in [9.17, 15) is 0 Å². The van der Waals surface area contributed by atoms with E-state index in [4.69, 9.17) is 4.99 Å². The maximum atomic E-state index is 4.79. The maximum Gasteiger partial charge on any atom is 0.100 e. The first-order chi connectivity index (χ1) is 9.92. The van der Waals surface area contributed by atoms with Crippen molar-refractivity contribution in [1.82, 2.24) is 4.98 Å². The molecule has 2 aliphatic heterocycles. The third-order valence-electron chi connectivity index (χ3n) is 3.85. The van der Waals surface area contributed by atoms with Crippen molar-refractivity contribution in [1.29, 1.82) is 0 Å². The molecule has 3 heterocycles. The van der Waals surface area contributed by atoms with E-state index in [0.29, 0.717) is 0 Å². The van der Waals surface area contributed by atoms with E-state index in [1.807, 2.05) is 36.5 Å². The van der Waals surface area contributed by atoms with Crippen LogP contribution in [0.15, 0.2) is 64.7 Å². The van der Waals surface area contributed by atoms with Crippen molar-refractivity contribution >= 4 is 11.4 Å². The molecule has 0 unspecified atom stereocenters. The molecular formula is C17H9N3. The number of pyridine rings is 1. The summed E-state index contributed by atoms with van der Waals surface area (Å²) in [6.45, 7) is 0. The average Bonchev–Trinajstić information content (AvgIpc) is 3.04. The smallest absolute Gasteiger partial charge is 0.100 e. The summed E-state index contributed by atoms with van der Waals surface area (Å²) < 4.78 is 0. The highest BCUT2D eigenvalue weighted by Crippen LogP contribution is 2.37. The maximum absolute atomic E-state index is 4.79. The number of hydrogen-bond acceptors (Lipinski definition) is 3. The Morgan fingerprint density at radius 1 is 0.700 bits per heavy atom. The molecule has 0 fully saturated rings. The number of benzene rings is 2. The Kier molecular flexibility index (Phi) is 1.70. The average molecular weight is 255 g/mol. The van der Waals surface area contributed by atoms with E-state index in [1.165, 1.54) is 10.4 Å². The monoisotopic (exact) mass is 255 g/mol. The summed E-state index contributed by atoms with van der Waals surface area (Å²) in [5.74, 6) is 0. The van der Waals surface area contributed by atoms with Crippen molar-refractivity contribution in [2.75, 3.05) is 0 Å². The minimum atomic E-state index is 0.932. The Labute approximate surface area is 114 Å². The molecule has 0 amide bonds. The van der Waals surface area contributed by atoms with Crippen LogP contribution in [-0.4, -0.2) is 4.98 Å². The van der Waals surface area contributed by atoms with Crippen molar-refractivity contribution in [2.24, 2.45) is 9.98 Å².